The molecule has 4 nitrogen and oxygen atoms in total. The predicted octanol–water partition coefficient (Wildman–Crippen LogP) is 2.88. The summed E-state index contributed by atoms with van der Waals surface area (Å²) >= 11 is 0. The zero-order valence-electron chi connectivity index (χ0n) is 15.2. The van der Waals surface area contributed by atoms with Crippen molar-refractivity contribution >= 4 is 5.82 Å². The minimum Gasteiger partial charge on any atom is -0.356 e. The Morgan fingerprint density at radius 1 is 1.04 bits per heavy atom. The highest BCUT2D eigenvalue weighted by Crippen LogP contribution is 2.53. The van der Waals surface area contributed by atoms with Gasteiger partial charge in [-0.2, -0.15) is 0 Å². The zero-order chi connectivity index (χ0) is 17.0. The van der Waals surface area contributed by atoms with Crippen molar-refractivity contribution in [1.82, 2.24) is 14.9 Å². The molecular weight excluding hydrogens is 308 g/mol. The van der Waals surface area contributed by atoms with Crippen LogP contribution in [-0.2, 0) is 12.8 Å². The first-order valence-electron chi connectivity index (χ1n) is 9.55. The van der Waals surface area contributed by atoms with Crippen LogP contribution in [0.15, 0.2) is 30.3 Å². The molecule has 3 aliphatic rings. The first kappa shape index (κ1) is 15.3. The fourth-order valence-electron chi connectivity index (χ4n) is 4.91. The van der Waals surface area contributed by atoms with Crippen molar-refractivity contribution in [2.75, 3.05) is 38.6 Å². The SMILES string of the molecule is CN(C)CC1[C@H]2CN(c3nc(-c4ccccc4)nc4c3CCC4)C[C@@H]12. The molecule has 1 aromatic carbocycles. The average molecular weight is 334 g/mol. The van der Waals surface area contributed by atoms with Gasteiger partial charge in [-0.25, -0.2) is 9.97 Å². The molecule has 2 fully saturated rings. The largest absolute Gasteiger partial charge is 0.356 e. The Labute approximate surface area is 149 Å². The Balaban J connectivity index is 1.44. The summed E-state index contributed by atoms with van der Waals surface area (Å²) in [7, 11) is 4.38. The Kier molecular flexibility index (Phi) is 3.56. The minimum absolute atomic E-state index is 0.870. The van der Waals surface area contributed by atoms with Crippen LogP contribution in [0.4, 0.5) is 5.82 Å². The summed E-state index contributed by atoms with van der Waals surface area (Å²) in [4.78, 5) is 14.8. The van der Waals surface area contributed by atoms with Gasteiger partial charge in [0.05, 0.1) is 0 Å². The number of aryl methyl sites for hydroxylation is 1. The van der Waals surface area contributed by atoms with Crippen LogP contribution < -0.4 is 4.90 Å². The smallest absolute Gasteiger partial charge is 0.161 e. The van der Waals surface area contributed by atoms with Crippen molar-refractivity contribution in [3.05, 3.63) is 41.6 Å². The molecule has 25 heavy (non-hydrogen) atoms. The molecule has 3 atom stereocenters. The van der Waals surface area contributed by atoms with Crippen LogP contribution in [0.1, 0.15) is 17.7 Å². The lowest BCUT2D eigenvalue weighted by atomic mass is 10.1. The average Bonchev–Trinajstić information content (AvgIpc) is 3.02. The fourth-order valence-corrected chi connectivity index (χ4v) is 4.91. The second kappa shape index (κ2) is 5.80. The molecular formula is C21H26N4. The molecule has 1 saturated heterocycles. The van der Waals surface area contributed by atoms with Crippen LogP contribution in [-0.4, -0.2) is 48.6 Å². The van der Waals surface area contributed by atoms with Crippen LogP contribution in [0.2, 0.25) is 0 Å². The lowest BCUT2D eigenvalue weighted by Crippen LogP contribution is -2.29. The van der Waals surface area contributed by atoms with E-state index in [9.17, 15) is 0 Å². The molecule has 1 unspecified atom stereocenters. The van der Waals surface area contributed by atoms with Gasteiger partial charge in [0, 0.05) is 36.5 Å². The highest BCUT2D eigenvalue weighted by molar-refractivity contribution is 5.62. The maximum Gasteiger partial charge on any atom is 0.161 e. The summed E-state index contributed by atoms with van der Waals surface area (Å²) in [5.41, 5.74) is 3.84. The van der Waals surface area contributed by atoms with Crippen molar-refractivity contribution < 1.29 is 0 Å². The van der Waals surface area contributed by atoms with Crippen LogP contribution in [0.25, 0.3) is 11.4 Å². The van der Waals surface area contributed by atoms with Gasteiger partial charge in [0.15, 0.2) is 5.82 Å². The van der Waals surface area contributed by atoms with Gasteiger partial charge >= 0.3 is 0 Å². The number of nitrogens with zero attached hydrogens (tertiary/aromatic N) is 4. The second-order valence-electron chi connectivity index (χ2n) is 8.17. The van der Waals surface area contributed by atoms with E-state index >= 15 is 0 Å². The van der Waals surface area contributed by atoms with Crippen molar-refractivity contribution in [2.45, 2.75) is 19.3 Å². The number of anilines is 1. The highest BCUT2D eigenvalue weighted by atomic mass is 15.3. The first-order valence-corrected chi connectivity index (χ1v) is 9.55. The van der Waals surface area contributed by atoms with Crippen LogP contribution in [0.5, 0.6) is 0 Å². The predicted molar refractivity (Wildman–Crippen MR) is 101 cm³/mol. The molecule has 2 heterocycles. The molecule has 0 amide bonds. The summed E-state index contributed by atoms with van der Waals surface area (Å²) in [5.74, 6) is 4.78. The van der Waals surface area contributed by atoms with Crippen molar-refractivity contribution in [3.63, 3.8) is 0 Å². The van der Waals surface area contributed by atoms with Crippen molar-refractivity contribution in [2.24, 2.45) is 17.8 Å². The maximum absolute atomic E-state index is 5.04. The van der Waals surface area contributed by atoms with E-state index in [0.717, 1.165) is 42.0 Å². The van der Waals surface area contributed by atoms with E-state index in [1.807, 2.05) is 0 Å². The molecule has 1 aromatic heterocycles. The van der Waals surface area contributed by atoms with Gasteiger partial charge in [-0.05, 0) is 51.1 Å². The van der Waals surface area contributed by atoms with E-state index in [0.29, 0.717) is 0 Å². The van der Waals surface area contributed by atoms with Crippen LogP contribution in [0.3, 0.4) is 0 Å². The van der Waals surface area contributed by atoms with E-state index in [1.165, 1.54) is 43.1 Å². The van der Waals surface area contributed by atoms with E-state index in [-0.39, 0.29) is 0 Å². The van der Waals surface area contributed by atoms with Gasteiger partial charge in [-0.1, -0.05) is 30.3 Å². The second-order valence-corrected chi connectivity index (χ2v) is 8.17. The standard InChI is InChI=1S/C21H26N4/c1-24(2)11-16-17-12-25(13-18(16)17)21-15-9-6-10-19(15)22-20(23-21)14-7-4-3-5-8-14/h3-5,7-8,16-18H,6,9-13H2,1-2H3/t16?,17-,18+. The molecule has 0 spiro atoms. The van der Waals surface area contributed by atoms with E-state index < -0.39 is 0 Å². The lowest BCUT2D eigenvalue weighted by molar-refractivity contribution is 0.366. The summed E-state index contributed by atoms with van der Waals surface area (Å²) in [6.45, 7) is 3.60. The van der Waals surface area contributed by atoms with Crippen molar-refractivity contribution in [1.29, 1.82) is 0 Å². The third kappa shape index (κ3) is 2.63. The minimum atomic E-state index is 0.870. The Bertz CT molecular complexity index is 774. The topological polar surface area (TPSA) is 32.3 Å². The normalized spacial score (nSPS) is 26.8. The van der Waals surface area contributed by atoms with E-state index in [2.05, 4.69) is 54.2 Å². The van der Waals surface area contributed by atoms with Gasteiger partial charge in [0.1, 0.15) is 5.82 Å². The summed E-state index contributed by atoms with van der Waals surface area (Å²) in [6, 6.07) is 10.4. The first-order chi connectivity index (χ1) is 12.2. The van der Waals surface area contributed by atoms with E-state index in [1.54, 1.807) is 0 Å². The number of benzene rings is 1. The molecule has 130 valence electrons. The number of fused-ring (bicyclic) bond motifs is 2. The Hall–Kier alpha value is -1.94. The number of rotatable bonds is 4. The molecule has 1 aliphatic heterocycles. The van der Waals surface area contributed by atoms with Gasteiger partial charge in [-0.15, -0.1) is 0 Å². The number of hydrogen-bond donors (Lipinski definition) is 0. The van der Waals surface area contributed by atoms with Gasteiger partial charge < -0.3 is 9.80 Å². The molecule has 0 N–H and O–H groups in total. The summed E-state index contributed by atoms with van der Waals surface area (Å²) in [5, 5.41) is 0. The summed E-state index contributed by atoms with van der Waals surface area (Å²) in [6.07, 6.45) is 3.47. The van der Waals surface area contributed by atoms with E-state index in [4.69, 9.17) is 9.97 Å². The molecule has 2 aliphatic carbocycles. The Morgan fingerprint density at radius 2 is 1.80 bits per heavy atom. The molecule has 4 heteroatoms. The quantitative estimate of drug-likeness (QED) is 0.861. The highest BCUT2D eigenvalue weighted by Gasteiger charge is 2.55. The molecule has 5 rings (SSSR count). The van der Waals surface area contributed by atoms with Gasteiger partial charge in [0.25, 0.3) is 0 Å². The third-order valence-electron chi connectivity index (χ3n) is 6.19. The summed E-state index contributed by atoms with van der Waals surface area (Å²) < 4.78 is 0. The zero-order valence-corrected chi connectivity index (χ0v) is 15.2. The molecule has 0 radical (unpaired) electrons. The monoisotopic (exact) mass is 334 g/mol. The maximum atomic E-state index is 5.04. The number of aromatic nitrogens is 2. The van der Waals surface area contributed by atoms with Crippen LogP contribution >= 0.6 is 0 Å². The van der Waals surface area contributed by atoms with Crippen molar-refractivity contribution in [3.8, 4) is 11.4 Å². The fraction of sp³-hybridized carbons (Fsp3) is 0.524. The van der Waals surface area contributed by atoms with Gasteiger partial charge in [-0.3, -0.25) is 0 Å². The third-order valence-corrected chi connectivity index (χ3v) is 6.19. The molecule has 2 aromatic rings. The lowest BCUT2D eigenvalue weighted by Gasteiger charge is -2.24. The Morgan fingerprint density at radius 3 is 2.52 bits per heavy atom. The number of hydrogen-bond acceptors (Lipinski definition) is 4. The molecule has 0 bridgehead atoms. The molecule has 1 saturated carbocycles. The van der Waals surface area contributed by atoms with Gasteiger partial charge in [0.2, 0.25) is 0 Å². The number of piperidine rings is 1. The van der Waals surface area contributed by atoms with Crippen LogP contribution in [0, 0.1) is 17.8 Å².